The maximum absolute atomic E-state index is 6.03. The third-order valence-electron chi connectivity index (χ3n) is 4.23. The number of furan rings is 1. The summed E-state index contributed by atoms with van der Waals surface area (Å²) in [6, 6.07) is 16.2. The average Bonchev–Trinajstić information content (AvgIpc) is 3.04. The lowest BCUT2D eigenvalue weighted by Gasteiger charge is -2.12. The van der Waals surface area contributed by atoms with Gasteiger partial charge in [-0.1, -0.05) is 18.2 Å². The van der Waals surface area contributed by atoms with Crippen LogP contribution in [0.5, 0.6) is 5.75 Å². The van der Waals surface area contributed by atoms with E-state index in [1.165, 1.54) is 0 Å². The van der Waals surface area contributed by atoms with Gasteiger partial charge in [0.2, 0.25) is 0 Å². The van der Waals surface area contributed by atoms with Gasteiger partial charge in [0, 0.05) is 35.3 Å². The van der Waals surface area contributed by atoms with Crippen molar-refractivity contribution in [1.29, 1.82) is 0 Å². The number of nitrogens with zero attached hydrogens (tertiary/aromatic N) is 2. The molecule has 0 amide bonds. The average molecular weight is 332 g/mol. The van der Waals surface area contributed by atoms with Gasteiger partial charge in [-0.15, -0.1) is 0 Å². The fraction of sp³-hybridized carbons (Fsp3) is 0.190. The quantitative estimate of drug-likeness (QED) is 0.536. The van der Waals surface area contributed by atoms with Gasteiger partial charge in [0.1, 0.15) is 23.7 Å². The van der Waals surface area contributed by atoms with Crippen LogP contribution < -0.4 is 4.74 Å². The molecule has 2 aromatic carbocycles. The van der Waals surface area contributed by atoms with E-state index in [1.54, 1.807) is 0 Å². The molecule has 0 fully saturated rings. The Morgan fingerprint density at radius 1 is 1.00 bits per heavy atom. The minimum absolute atomic E-state index is 0.656. The van der Waals surface area contributed by atoms with Crippen molar-refractivity contribution in [1.82, 2.24) is 9.88 Å². The van der Waals surface area contributed by atoms with Crippen molar-refractivity contribution in [2.45, 2.75) is 0 Å². The third kappa shape index (κ3) is 3.21. The lowest BCUT2D eigenvalue weighted by atomic mass is 10.1. The molecule has 0 unspecified atom stereocenters. The second kappa shape index (κ2) is 6.57. The predicted molar refractivity (Wildman–Crippen MR) is 101 cm³/mol. The Morgan fingerprint density at radius 2 is 1.88 bits per heavy atom. The van der Waals surface area contributed by atoms with Crippen LogP contribution in [0.3, 0.4) is 0 Å². The molecule has 0 aliphatic rings. The van der Waals surface area contributed by atoms with Crippen molar-refractivity contribution in [3.63, 3.8) is 0 Å². The van der Waals surface area contributed by atoms with Gasteiger partial charge >= 0.3 is 0 Å². The lowest BCUT2D eigenvalue weighted by molar-refractivity contribution is 0.261. The Balaban J connectivity index is 1.75. The predicted octanol–water partition coefficient (Wildman–Crippen LogP) is 4.59. The number of likely N-dealkylation sites (N-methyl/N-ethyl adjacent to an activating group) is 1. The number of ether oxygens (including phenoxy) is 1. The third-order valence-corrected chi connectivity index (χ3v) is 4.23. The van der Waals surface area contributed by atoms with Gasteiger partial charge in [0.05, 0.1) is 0 Å². The maximum atomic E-state index is 6.03. The van der Waals surface area contributed by atoms with E-state index in [1.807, 2.05) is 56.8 Å². The molecule has 2 heterocycles. The van der Waals surface area contributed by atoms with E-state index in [2.05, 4.69) is 28.1 Å². The van der Waals surface area contributed by atoms with Gasteiger partial charge in [-0.25, -0.2) is 0 Å². The summed E-state index contributed by atoms with van der Waals surface area (Å²) in [5.41, 5.74) is 1.86. The van der Waals surface area contributed by atoms with Crippen molar-refractivity contribution in [3.05, 3.63) is 60.9 Å². The number of aromatic nitrogens is 1. The standard InChI is InChI=1S/C21H20N2O2/c1-23(2)9-10-24-17-8-7-16-13-22-14-19(18(16)12-17)21-11-15-5-3-4-6-20(15)25-21/h3-8,11-14H,9-10H2,1-2H3. The summed E-state index contributed by atoms with van der Waals surface area (Å²) in [4.78, 5) is 6.47. The Hall–Kier alpha value is -2.85. The normalized spacial score (nSPS) is 11.5. The minimum atomic E-state index is 0.656. The molecule has 0 radical (unpaired) electrons. The van der Waals surface area contributed by atoms with Gasteiger partial charge < -0.3 is 14.1 Å². The van der Waals surface area contributed by atoms with Crippen LogP contribution in [0.4, 0.5) is 0 Å². The van der Waals surface area contributed by atoms with Crippen LogP contribution in [0, 0.1) is 0 Å². The Bertz CT molecular complexity index is 988. The molecule has 25 heavy (non-hydrogen) atoms. The summed E-state index contributed by atoms with van der Waals surface area (Å²) in [5, 5.41) is 3.24. The first-order chi connectivity index (χ1) is 12.2. The molecule has 0 atom stereocenters. The zero-order valence-corrected chi connectivity index (χ0v) is 14.4. The summed E-state index contributed by atoms with van der Waals surface area (Å²) in [7, 11) is 4.07. The second-order valence-corrected chi connectivity index (χ2v) is 6.37. The van der Waals surface area contributed by atoms with E-state index >= 15 is 0 Å². The highest BCUT2D eigenvalue weighted by Crippen LogP contribution is 2.33. The molecule has 126 valence electrons. The molecule has 4 nitrogen and oxygen atoms in total. The van der Waals surface area contributed by atoms with Crippen LogP contribution in [0.25, 0.3) is 33.1 Å². The molecular formula is C21H20N2O2. The van der Waals surface area contributed by atoms with Gasteiger partial charge in [-0.3, -0.25) is 4.98 Å². The highest BCUT2D eigenvalue weighted by Gasteiger charge is 2.11. The maximum Gasteiger partial charge on any atom is 0.137 e. The van der Waals surface area contributed by atoms with Gasteiger partial charge in [-0.2, -0.15) is 0 Å². The van der Waals surface area contributed by atoms with Crippen molar-refractivity contribution in [3.8, 4) is 17.1 Å². The van der Waals surface area contributed by atoms with E-state index in [4.69, 9.17) is 9.15 Å². The van der Waals surface area contributed by atoms with E-state index in [0.29, 0.717) is 6.61 Å². The molecule has 0 bridgehead atoms. The Morgan fingerprint density at radius 3 is 2.72 bits per heavy atom. The first-order valence-electron chi connectivity index (χ1n) is 8.35. The summed E-state index contributed by atoms with van der Waals surface area (Å²) in [5.74, 6) is 1.68. The Kier molecular flexibility index (Phi) is 4.12. The highest BCUT2D eigenvalue weighted by atomic mass is 16.5. The summed E-state index contributed by atoms with van der Waals surface area (Å²) in [6.07, 6.45) is 3.72. The first-order valence-corrected chi connectivity index (χ1v) is 8.35. The first kappa shape index (κ1) is 15.7. The van der Waals surface area contributed by atoms with Gasteiger partial charge in [0.25, 0.3) is 0 Å². The summed E-state index contributed by atoms with van der Waals surface area (Å²) < 4.78 is 11.9. The second-order valence-electron chi connectivity index (χ2n) is 6.37. The van der Waals surface area contributed by atoms with Crippen LogP contribution in [0.15, 0.2) is 65.3 Å². The van der Waals surface area contributed by atoms with Crippen molar-refractivity contribution < 1.29 is 9.15 Å². The molecule has 0 saturated heterocycles. The van der Waals surface area contributed by atoms with Crippen LogP contribution in [0.2, 0.25) is 0 Å². The van der Waals surface area contributed by atoms with Gasteiger partial charge in [-0.05, 0) is 49.8 Å². The smallest absolute Gasteiger partial charge is 0.137 e. The van der Waals surface area contributed by atoms with Crippen molar-refractivity contribution in [2.24, 2.45) is 0 Å². The number of rotatable bonds is 5. The topological polar surface area (TPSA) is 38.5 Å². The molecule has 0 N–H and O–H groups in total. The number of hydrogen-bond donors (Lipinski definition) is 0. The fourth-order valence-corrected chi connectivity index (χ4v) is 2.89. The number of benzene rings is 2. The molecular weight excluding hydrogens is 312 g/mol. The summed E-state index contributed by atoms with van der Waals surface area (Å²) in [6.45, 7) is 1.54. The largest absolute Gasteiger partial charge is 0.492 e. The van der Waals surface area contributed by atoms with E-state index < -0.39 is 0 Å². The van der Waals surface area contributed by atoms with Crippen LogP contribution in [0.1, 0.15) is 0 Å². The van der Waals surface area contributed by atoms with Crippen molar-refractivity contribution >= 4 is 21.7 Å². The van der Waals surface area contributed by atoms with Crippen LogP contribution >= 0.6 is 0 Å². The van der Waals surface area contributed by atoms with Crippen molar-refractivity contribution in [2.75, 3.05) is 27.2 Å². The molecule has 0 spiro atoms. The van der Waals surface area contributed by atoms with Gasteiger partial charge in [0.15, 0.2) is 0 Å². The van der Waals surface area contributed by atoms with E-state index in [9.17, 15) is 0 Å². The van der Waals surface area contributed by atoms with E-state index in [-0.39, 0.29) is 0 Å². The van der Waals surface area contributed by atoms with Crippen LogP contribution in [-0.4, -0.2) is 37.1 Å². The highest BCUT2D eigenvalue weighted by molar-refractivity contribution is 5.97. The zero-order valence-electron chi connectivity index (χ0n) is 14.4. The lowest BCUT2D eigenvalue weighted by Crippen LogP contribution is -2.19. The Labute approximate surface area is 146 Å². The number of hydrogen-bond acceptors (Lipinski definition) is 4. The number of pyridine rings is 1. The zero-order chi connectivity index (χ0) is 17.2. The summed E-state index contributed by atoms with van der Waals surface area (Å²) >= 11 is 0. The van der Waals surface area contributed by atoms with E-state index in [0.717, 1.165) is 45.4 Å². The molecule has 2 aromatic heterocycles. The molecule has 4 heteroatoms. The SMILES string of the molecule is CN(C)CCOc1ccc2cncc(-c3cc4ccccc4o3)c2c1. The molecule has 4 rings (SSSR count). The fourth-order valence-electron chi connectivity index (χ4n) is 2.89. The molecule has 0 aliphatic heterocycles. The van der Waals surface area contributed by atoms with Crippen LogP contribution in [-0.2, 0) is 0 Å². The minimum Gasteiger partial charge on any atom is -0.492 e. The number of para-hydroxylation sites is 1. The molecule has 0 saturated carbocycles. The monoisotopic (exact) mass is 332 g/mol. The molecule has 4 aromatic rings. The number of fused-ring (bicyclic) bond motifs is 2. The molecule has 0 aliphatic carbocycles.